The lowest BCUT2D eigenvalue weighted by molar-refractivity contribution is -0.148. The molecule has 2 aromatic heterocycles. The van der Waals surface area contributed by atoms with Crippen LogP contribution in [0.1, 0.15) is 23.2 Å². The van der Waals surface area contributed by atoms with Crippen LogP contribution in [0.3, 0.4) is 0 Å². The SMILES string of the molecule is COc1cc(C(C)=O)ccc1OCC(=O)OCc1nc(-c2ccsc2)no1. The fraction of sp³-hybridized carbons (Fsp3) is 0.222. The Balaban J connectivity index is 1.52. The van der Waals surface area contributed by atoms with Crippen LogP contribution in [0.4, 0.5) is 0 Å². The van der Waals surface area contributed by atoms with Crippen molar-refractivity contribution in [2.75, 3.05) is 13.7 Å². The van der Waals surface area contributed by atoms with Gasteiger partial charge in [0.15, 0.2) is 30.5 Å². The first-order chi connectivity index (χ1) is 13.1. The van der Waals surface area contributed by atoms with E-state index in [9.17, 15) is 9.59 Å². The standard InChI is InChI=1S/C18H16N2O6S/c1-11(21)12-3-4-14(15(7-12)23-2)24-9-17(22)25-8-16-19-18(20-26-16)13-5-6-27-10-13/h3-7,10H,8-9H2,1-2H3. The maximum absolute atomic E-state index is 11.9. The molecule has 0 aliphatic heterocycles. The summed E-state index contributed by atoms with van der Waals surface area (Å²) in [5.74, 6) is 0.607. The van der Waals surface area contributed by atoms with Crippen molar-refractivity contribution < 1.29 is 28.3 Å². The van der Waals surface area contributed by atoms with E-state index >= 15 is 0 Å². The molecule has 0 unspecified atom stereocenters. The summed E-state index contributed by atoms with van der Waals surface area (Å²) in [7, 11) is 1.45. The van der Waals surface area contributed by atoms with E-state index in [1.807, 2.05) is 16.8 Å². The molecule has 0 radical (unpaired) electrons. The molecule has 0 spiro atoms. The number of benzene rings is 1. The highest BCUT2D eigenvalue weighted by atomic mass is 32.1. The highest BCUT2D eigenvalue weighted by molar-refractivity contribution is 7.08. The molecule has 3 aromatic rings. The molecule has 0 fully saturated rings. The predicted molar refractivity (Wildman–Crippen MR) is 95.9 cm³/mol. The van der Waals surface area contributed by atoms with Crippen molar-refractivity contribution >= 4 is 23.1 Å². The lowest BCUT2D eigenvalue weighted by atomic mass is 10.1. The minimum Gasteiger partial charge on any atom is -0.493 e. The van der Waals surface area contributed by atoms with Gasteiger partial charge in [-0.2, -0.15) is 16.3 Å². The van der Waals surface area contributed by atoms with E-state index in [0.717, 1.165) is 5.56 Å². The number of nitrogens with zero attached hydrogens (tertiary/aromatic N) is 2. The number of Topliss-reactive ketones (excluding diaryl/α,β-unsaturated/α-hetero) is 1. The van der Waals surface area contributed by atoms with E-state index in [0.29, 0.717) is 22.9 Å². The van der Waals surface area contributed by atoms with E-state index in [-0.39, 0.29) is 24.9 Å². The van der Waals surface area contributed by atoms with Crippen molar-refractivity contribution in [1.82, 2.24) is 10.1 Å². The maximum Gasteiger partial charge on any atom is 0.344 e. The zero-order valence-electron chi connectivity index (χ0n) is 14.6. The molecule has 27 heavy (non-hydrogen) atoms. The number of hydrogen-bond donors (Lipinski definition) is 0. The Morgan fingerprint density at radius 3 is 2.78 bits per heavy atom. The predicted octanol–water partition coefficient (Wildman–Crippen LogP) is 3.13. The molecule has 9 heteroatoms. The number of carbonyl (C=O) groups excluding carboxylic acids is 2. The summed E-state index contributed by atoms with van der Waals surface area (Å²) in [6, 6.07) is 6.57. The topological polar surface area (TPSA) is 101 Å². The van der Waals surface area contributed by atoms with Crippen molar-refractivity contribution in [3.63, 3.8) is 0 Å². The summed E-state index contributed by atoms with van der Waals surface area (Å²) in [5.41, 5.74) is 1.32. The van der Waals surface area contributed by atoms with Gasteiger partial charge in [0.2, 0.25) is 5.82 Å². The molecule has 0 aliphatic carbocycles. The van der Waals surface area contributed by atoms with Crippen LogP contribution in [0.2, 0.25) is 0 Å². The van der Waals surface area contributed by atoms with Gasteiger partial charge in [-0.1, -0.05) is 5.16 Å². The van der Waals surface area contributed by atoms with Gasteiger partial charge in [0, 0.05) is 16.5 Å². The third-order valence-corrected chi connectivity index (χ3v) is 4.20. The summed E-state index contributed by atoms with van der Waals surface area (Å²) in [6.45, 7) is 0.967. The van der Waals surface area contributed by atoms with Gasteiger partial charge in [-0.25, -0.2) is 4.79 Å². The Morgan fingerprint density at radius 2 is 2.07 bits per heavy atom. The molecular weight excluding hydrogens is 372 g/mol. The molecule has 0 aliphatic rings. The van der Waals surface area contributed by atoms with Crippen molar-refractivity contribution in [2.45, 2.75) is 13.5 Å². The molecule has 140 valence electrons. The van der Waals surface area contributed by atoms with Gasteiger partial charge in [-0.3, -0.25) is 4.79 Å². The largest absolute Gasteiger partial charge is 0.493 e. The Morgan fingerprint density at radius 1 is 1.22 bits per heavy atom. The molecule has 3 rings (SSSR count). The number of methoxy groups -OCH3 is 1. The maximum atomic E-state index is 11.9. The zero-order valence-corrected chi connectivity index (χ0v) is 15.4. The summed E-state index contributed by atoms with van der Waals surface area (Å²) in [4.78, 5) is 27.4. The van der Waals surface area contributed by atoms with Gasteiger partial charge in [0.25, 0.3) is 5.89 Å². The van der Waals surface area contributed by atoms with Crippen molar-refractivity contribution in [3.8, 4) is 22.9 Å². The van der Waals surface area contributed by atoms with Crippen molar-refractivity contribution in [3.05, 3.63) is 46.5 Å². The lowest BCUT2D eigenvalue weighted by Crippen LogP contribution is -2.15. The van der Waals surface area contributed by atoms with Gasteiger partial charge < -0.3 is 18.7 Å². The van der Waals surface area contributed by atoms with Crippen LogP contribution in [-0.4, -0.2) is 35.6 Å². The van der Waals surface area contributed by atoms with Crippen LogP contribution in [-0.2, 0) is 16.1 Å². The van der Waals surface area contributed by atoms with E-state index in [1.165, 1.54) is 25.4 Å². The highest BCUT2D eigenvalue weighted by Gasteiger charge is 2.14. The number of aromatic nitrogens is 2. The Labute approximate surface area is 158 Å². The van der Waals surface area contributed by atoms with E-state index < -0.39 is 5.97 Å². The second kappa shape index (κ2) is 8.45. The monoisotopic (exact) mass is 388 g/mol. The van der Waals surface area contributed by atoms with E-state index in [2.05, 4.69) is 10.1 Å². The quantitative estimate of drug-likeness (QED) is 0.428. The van der Waals surface area contributed by atoms with Crippen LogP contribution in [0.25, 0.3) is 11.4 Å². The first-order valence-corrected chi connectivity index (χ1v) is 8.83. The van der Waals surface area contributed by atoms with Crippen LogP contribution in [0.5, 0.6) is 11.5 Å². The minimum atomic E-state index is -0.608. The number of hydrogen-bond acceptors (Lipinski definition) is 9. The van der Waals surface area contributed by atoms with Crippen LogP contribution in [0, 0.1) is 0 Å². The fourth-order valence-electron chi connectivity index (χ4n) is 2.15. The second-order valence-corrected chi connectivity index (χ2v) is 6.17. The van der Waals surface area contributed by atoms with Gasteiger partial charge in [0.05, 0.1) is 7.11 Å². The Bertz CT molecular complexity index is 935. The smallest absolute Gasteiger partial charge is 0.344 e. The fourth-order valence-corrected chi connectivity index (χ4v) is 2.78. The summed E-state index contributed by atoms with van der Waals surface area (Å²) in [5, 5.41) is 7.62. The molecule has 0 saturated carbocycles. The van der Waals surface area contributed by atoms with Gasteiger partial charge in [0.1, 0.15) is 0 Å². The molecule has 8 nitrogen and oxygen atoms in total. The van der Waals surface area contributed by atoms with Crippen LogP contribution >= 0.6 is 11.3 Å². The van der Waals surface area contributed by atoms with Crippen LogP contribution in [0.15, 0.2) is 39.5 Å². The number of rotatable bonds is 8. The molecule has 0 saturated heterocycles. The number of carbonyl (C=O) groups is 2. The Hall–Kier alpha value is -3.20. The van der Waals surface area contributed by atoms with E-state index in [4.69, 9.17) is 18.7 Å². The van der Waals surface area contributed by atoms with Gasteiger partial charge in [-0.05, 0) is 36.6 Å². The molecule has 2 heterocycles. The molecule has 0 N–H and O–H groups in total. The number of thiophene rings is 1. The third-order valence-electron chi connectivity index (χ3n) is 3.52. The van der Waals surface area contributed by atoms with Gasteiger partial charge in [-0.15, -0.1) is 0 Å². The summed E-state index contributed by atoms with van der Waals surface area (Å²) >= 11 is 1.52. The minimum absolute atomic E-state index is 0.0966. The van der Waals surface area contributed by atoms with Crippen molar-refractivity contribution in [2.24, 2.45) is 0 Å². The van der Waals surface area contributed by atoms with E-state index in [1.54, 1.807) is 18.2 Å². The van der Waals surface area contributed by atoms with Gasteiger partial charge >= 0.3 is 5.97 Å². The molecule has 1 aromatic carbocycles. The second-order valence-electron chi connectivity index (χ2n) is 5.39. The number of ketones is 1. The first kappa shape index (κ1) is 18.6. The lowest BCUT2D eigenvalue weighted by Gasteiger charge is -2.11. The number of esters is 1. The molecule has 0 amide bonds. The third kappa shape index (κ3) is 4.70. The zero-order chi connectivity index (χ0) is 19.2. The average Bonchev–Trinajstić information content (AvgIpc) is 3.35. The summed E-state index contributed by atoms with van der Waals surface area (Å²) < 4.78 is 20.7. The van der Waals surface area contributed by atoms with Crippen LogP contribution < -0.4 is 9.47 Å². The highest BCUT2D eigenvalue weighted by Crippen LogP contribution is 2.28. The Kier molecular flexibility index (Phi) is 5.82. The number of ether oxygens (including phenoxy) is 3. The molecular formula is C18H16N2O6S. The normalized spacial score (nSPS) is 10.4. The average molecular weight is 388 g/mol. The first-order valence-electron chi connectivity index (χ1n) is 7.89. The van der Waals surface area contributed by atoms with Crippen molar-refractivity contribution in [1.29, 1.82) is 0 Å². The summed E-state index contributed by atoms with van der Waals surface area (Å²) in [6.07, 6.45) is 0. The molecule has 0 bridgehead atoms. The molecule has 0 atom stereocenters.